The summed E-state index contributed by atoms with van der Waals surface area (Å²) in [6.07, 6.45) is 1.51. The molecule has 5 N–H and O–H groups in total. The number of aliphatic hydroxyl groups excluding tert-OH is 1. The number of hydrogen-bond acceptors (Lipinski definition) is 5. The Kier molecular flexibility index (Phi) is 1.93. The highest BCUT2D eigenvalue weighted by atomic mass is 16.7. The molecular weight excluding hydrogens is 186 g/mol. The minimum atomic E-state index is -0.0896. The molecule has 0 spiro atoms. The van der Waals surface area contributed by atoms with Crippen LogP contribution in [0.4, 0.5) is 11.6 Å². The van der Waals surface area contributed by atoms with Gasteiger partial charge in [-0.2, -0.15) is 4.52 Å². The van der Waals surface area contributed by atoms with Crippen molar-refractivity contribution in [3.63, 3.8) is 0 Å². The summed E-state index contributed by atoms with van der Waals surface area (Å²) in [5, 5.41) is 8.61. The first kappa shape index (κ1) is 8.70. The quantitative estimate of drug-likeness (QED) is 0.568. The molecule has 0 radical (unpaired) electrons. The Morgan fingerprint density at radius 2 is 2.21 bits per heavy atom. The van der Waals surface area contributed by atoms with Gasteiger partial charge in [-0.3, -0.25) is 0 Å². The van der Waals surface area contributed by atoms with Crippen molar-refractivity contribution >= 4 is 17.3 Å². The number of aromatic nitrogens is 3. The van der Waals surface area contributed by atoms with E-state index in [-0.39, 0.29) is 13.2 Å². The van der Waals surface area contributed by atoms with Crippen LogP contribution in [-0.2, 0) is 0 Å². The number of anilines is 2. The van der Waals surface area contributed by atoms with Crippen LogP contribution in [0.3, 0.4) is 0 Å². The highest BCUT2D eigenvalue weighted by Gasteiger charge is 2.10. The van der Waals surface area contributed by atoms with Gasteiger partial charge in [0.05, 0.1) is 12.8 Å². The monoisotopic (exact) mass is 197 g/mol. The minimum absolute atomic E-state index is 0.0896. The molecule has 14 heavy (non-hydrogen) atoms. The van der Waals surface area contributed by atoms with Crippen LogP contribution >= 0.6 is 0 Å². The van der Waals surface area contributed by atoms with Crippen molar-refractivity contribution in [2.75, 3.05) is 24.7 Å². The van der Waals surface area contributed by atoms with Crippen LogP contribution in [0.5, 0.6) is 0 Å². The number of fused-ring (bicyclic) bond motifs is 1. The van der Waals surface area contributed by atoms with Crippen molar-refractivity contribution in [2.24, 2.45) is 0 Å². The lowest BCUT2D eigenvalue weighted by atomic mass is 10.6. The zero-order valence-electron chi connectivity index (χ0n) is 7.42. The topological polar surface area (TPSA) is 104 Å². The molecule has 2 rings (SSSR count). The van der Waals surface area contributed by atoms with Gasteiger partial charge in [0.15, 0.2) is 11.5 Å². The lowest BCUT2D eigenvalue weighted by Crippen LogP contribution is -2.21. The maximum absolute atomic E-state index is 8.61. The maximum Gasteiger partial charge on any atom is 0.163 e. The van der Waals surface area contributed by atoms with Crippen LogP contribution in [0.1, 0.15) is 0 Å². The number of rotatable bonds is 3. The van der Waals surface area contributed by atoms with E-state index in [9.17, 15) is 0 Å². The summed E-state index contributed by atoms with van der Waals surface area (Å²) in [6.45, 7) is 0.0549. The predicted octanol–water partition coefficient (Wildman–Crippen LogP) is -1.28. The molecule has 2 aromatic heterocycles. The Hall–Kier alpha value is -1.89. The zero-order valence-corrected chi connectivity index (χ0v) is 7.42. The molecule has 0 atom stereocenters. The van der Waals surface area contributed by atoms with E-state index in [1.165, 1.54) is 15.6 Å². The SMILES string of the molecule is Nc1cc2ncc(N)n2n1OCCO. The van der Waals surface area contributed by atoms with E-state index < -0.39 is 0 Å². The minimum Gasteiger partial charge on any atom is -0.394 e. The number of nitrogens with two attached hydrogens (primary N) is 2. The first-order chi connectivity index (χ1) is 6.74. The normalized spacial score (nSPS) is 10.9. The molecule has 7 nitrogen and oxygen atoms in total. The summed E-state index contributed by atoms with van der Waals surface area (Å²) < 4.78 is 1.52. The summed E-state index contributed by atoms with van der Waals surface area (Å²) in [7, 11) is 0. The Labute approximate surface area is 79.4 Å². The van der Waals surface area contributed by atoms with Crippen LogP contribution in [0.2, 0.25) is 0 Å². The molecule has 0 aromatic carbocycles. The van der Waals surface area contributed by atoms with E-state index in [1.807, 2.05) is 0 Å². The van der Waals surface area contributed by atoms with E-state index in [0.717, 1.165) is 0 Å². The number of aliphatic hydroxyl groups is 1. The van der Waals surface area contributed by atoms with Crippen LogP contribution in [0.25, 0.3) is 5.65 Å². The fraction of sp³-hybridized carbons (Fsp3) is 0.286. The third kappa shape index (κ3) is 1.14. The lowest BCUT2D eigenvalue weighted by molar-refractivity contribution is 0.0524. The van der Waals surface area contributed by atoms with Gasteiger partial charge < -0.3 is 21.4 Å². The number of hydrogen-bond donors (Lipinski definition) is 3. The summed E-state index contributed by atoms with van der Waals surface area (Å²) >= 11 is 0. The summed E-state index contributed by atoms with van der Waals surface area (Å²) in [5.41, 5.74) is 11.9. The Morgan fingerprint density at radius 1 is 1.43 bits per heavy atom. The summed E-state index contributed by atoms with van der Waals surface area (Å²) in [5.74, 6) is 0.808. The molecule has 0 amide bonds. The molecule has 7 heteroatoms. The van der Waals surface area contributed by atoms with E-state index in [2.05, 4.69) is 4.98 Å². The third-order valence-corrected chi connectivity index (χ3v) is 1.78. The Bertz CT molecular complexity index is 446. The van der Waals surface area contributed by atoms with Crippen molar-refractivity contribution < 1.29 is 9.94 Å². The Balaban J connectivity index is 2.48. The predicted molar refractivity (Wildman–Crippen MR) is 50.5 cm³/mol. The van der Waals surface area contributed by atoms with Gasteiger partial charge in [0.25, 0.3) is 0 Å². The van der Waals surface area contributed by atoms with Crippen LogP contribution in [0.15, 0.2) is 12.3 Å². The van der Waals surface area contributed by atoms with Crippen molar-refractivity contribution in [1.82, 2.24) is 14.3 Å². The second kappa shape index (κ2) is 3.11. The van der Waals surface area contributed by atoms with Gasteiger partial charge in [-0.15, -0.1) is 0 Å². The number of imidazole rings is 1. The standard InChI is InChI=1S/C7H11N5O2/c8-5-3-7-10-4-6(9)11(7)12(5)14-2-1-13/h3-4,13H,1-2,8-9H2. The first-order valence-corrected chi connectivity index (χ1v) is 4.08. The molecule has 2 aromatic rings. The van der Waals surface area contributed by atoms with Crippen molar-refractivity contribution in [3.8, 4) is 0 Å². The highest BCUT2D eigenvalue weighted by molar-refractivity contribution is 5.54. The molecule has 0 bridgehead atoms. The van der Waals surface area contributed by atoms with E-state index >= 15 is 0 Å². The van der Waals surface area contributed by atoms with Gasteiger partial charge in [0, 0.05) is 6.07 Å². The van der Waals surface area contributed by atoms with Gasteiger partial charge in [0.2, 0.25) is 0 Å². The van der Waals surface area contributed by atoms with E-state index in [4.69, 9.17) is 21.4 Å². The molecule has 0 aliphatic heterocycles. The molecular formula is C7H11N5O2. The van der Waals surface area contributed by atoms with Crippen LogP contribution in [0, 0.1) is 0 Å². The Morgan fingerprint density at radius 3 is 2.93 bits per heavy atom. The smallest absolute Gasteiger partial charge is 0.163 e. The van der Waals surface area contributed by atoms with Crippen molar-refractivity contribution in [2.45, 2.75) is 0 Å². The van der Waals surface area contributed by atoms with Gasteiger partial charge in [0.1, 0.15) is 12.4 Å². The van der Waals surface area contributed by atoms with Gasteiger partial charge in [-0.05, 0) is 0 Å². The second-order valence-corrected chi connectivity index (χ2v) is 2.75. The van der Waals surface area contributed by atoms with Crippen molar-refractivity contribution in [3.05, 3.63) is 12.3 Å². The van der Waals surface area contributed by atoms with Crippen LogP contribution in [-0.4, -0.2) is 32.7 Å². The zero-order chi connectivity index (χ0) is 10.1. The summed E-state index contributed by atoms with van der Waals surface area (Å²) in [4.78, 5) is 10.5. The van der Waals surface area contributed by atoms with Gasteiger partial charge in [-0.1, -0.05) is 4.85 Å². The molecule has 2 heterocycles. The molecule has 0 unspecified atom stereocenters. The molecule has 76 valence electrons. The molecule has 0 fully saturated rings. The number of nitrogens with zero attached hydrogens (tertiary/aromatic N) is 3. The first-order valence-electron chi connectivity index (χ1n) is 4.08. The fourth-order valence-corrected chi connectivity index (χ4v) is 1.23. The van der Waals surface area contributed by atoms with Gasteiger partial charge in [-0.25, -0.2) is 4.98 Å². The average Bonchev–Trinajstić information content (AvgIpc) is 2.64. The number of nitrogen functional groups attached to an aromatic ring is 2. The molecule has 0 saturated heterocycles. The van der Waals surface area contributed by atoms with E-state index in [1.54, 1.807) is 6.07 Å². The average molecular weight is 197 g/mol. The third-order valence-electron chi connectivity index (χ3n) is 1.78. The van der Waals surface area contributed by atoms with Crippen molar-refractivity contribution in [1.29, 1.82) is 0 Å². The maximum atomic E-state index is 8.61. The second-order valence-electron chi connectivity index (χ2n) is 2.75. The highest BCUT2D eigenvalue weighted by Crippen LogP contribution is 2.13. The summed E-state index contributed by atoms with van der Waals surface area (Å²) in [6, 6.07) is 1.63. The van der Waals surface area contributed by atoms with Gasteiger partial charge >= 0.3 is 0 Å². The molecule has 0 aliphatic rings. The van der Waals surface area contributed by atoms with E-state index in [0.29, 0.717) is 17.3 Å². The largest absolute Gasteiger partial charge is 0.394 e. The fourth-order valence-electron chi connectivity index (χ4n) is 1.23. The van der Waals surface area contributed by atoms with Crippen LogP contribution < -0.4 is 16.3 Å². The molecule has 0 aliphatic carbocycles. The lowest BCUT2D eigenvalue weighted by Gasteiger charge is -2.08. The molecule has 0 saturated carbocycles.